The molecule has 100 heavy (non-hydrogen) atoms. The highest BCUT2D eigenvalue weighted by atomic mass is 31.2. The van der Waals surface area contributed by atoms with Crippen molar-refractivity contribution in [1.82, 2.24) is 0 Å². The number of aliphatic hydroxyl groups is 1. The molecule has 0 aromatic rings. The lowest BCUT2D eigenvalue weighted by Gasteiger charge is -2.21. The van der Waals surface area contributed by atoms with Crippen molar-refractivity contribution >= 4 is 39.5 Å². The minimum absolute atomic E-state index is 0.106. The second-order valence-electron chi connectivity index (χ2n) is 29.6. The fourth-order valence-corrected chi connectivity index (χ4v) is 14.2. The maximum absolute atomic E-state index is 13.1. The Hall–Kier alpha value is -1.94. The Morgan fingerprint density at radius 3 is 0.680 bits per heavy atom. The molecule has 0 saturated heterocycles. The summed E-state index contributed by atoms with van der Waals surface area (Å²) in [6.45, 7) is 7.30. The fraction of sp³-hybridized carbons (Fsp3) is 0.951. The van der Waals surface area contributed by atoms with Gasteiger partial charge in [0, 0.05) is 25.7 Å². The first-order valence-electron chi connectivity index (χ1n) is 42.1. The Morgan fingerprint density at radius 1 is 0.270 bits per heavy atom. The Kier molecular flexibility index (Phi) is 72.5. The smallest absolute Gasteiger partial charge is 0.462 e. The monoisotopic (exact) mass is 1470 g/mol. The maximum atomic E-state index is 13.1. The lowest BCUT2D eigenvalue weighted by atomic mass is 10.0. The molecule has 2 unspecified atom stereocenters. The molecule has 0 aliphatic carbocycles. The fourth-order valence-electron chi connectivity index (χ4n) is 12.6. The molecule has 594 valence electrons. The summed E-state index contributed by atoms with van der Waals surface area (Å²) < 4.78 is 68.7. The van der Waals surface area contributed by atoms with E-state index in [0.29, 0.717) is 25.7 Å². The van der Waals surface area contributed by atoms with Gasteiger partial charge in [-0.3, -0.25) is 37.3 Å². The average molecular weight is 1470 g/mol. The molecule has 0 fully saturated rings. The van der Waals surface area contributed by atoms with Crippen LogP contribution in [-0.4, -0.2) is 96.7 Å². The van der Waals surface area contributed by atoms with Gasteiger partial charge in [0.25, 0.3) is 0 Å². The van der Waals surface area contributed by atoms with Crippen molar-refractivity contribution in [2.24, 2.45) is 5.92 Å². The van der Waals surface area contributed by atoms with E-state index in [0.717, 1.165) is 95.8 Å². The van der Waals surface area contributed by atoms with E-state index in [1.165, 1.54) is 257 Å². The van der Waals surface area contributed by atoms with E-state index in [9.17, 15) is 43.2 Å². The molecular weight excluding hydrogens is 1310 g/mol. The minimum atomic E-state index is -4.96. The summed E-state index contributed by atoms with van der Waals surface area (Å²) >= 11 is 0. The Bertz CT molecular complexity index is 1910. The van der Waals surface area contributed by atoms with Crippen molar-refractivity contribution in [2.75, 3.05) is 39.6 Å². The molecule has 0 spiro atoms. The highest BCUT2D eigenvalue weighted by Crippen LogP contribution is 2.45. The molecule has 0 aliphatic heterocycles. The van der Waals surface area contributed by atoms with Gasteiger partial charge < -0.3 is 33.8 Å². The Morgan fingerprint density at radius 2 is 0.460 bits per heavy atom. The Labute approximate surface area is 613 Å². The van der Waals surface area contributed by atoms with Gasteiger partial charge in [0.1, 0.15) is 19.3 Å². The van der Waals surface area contributed by atoms with E-state index in [4.69, 9.17) is 37.0 Å². The number of phosphoric acid groups is 2. The van der Waals surface area contributed by atoms with E-state index in [2.05, 4.69) is 34.6 Å². The van der Waals surface area contributed by atoms with Crippen LogP contribution >= 0.6 is 15.6 Å². The van der Waals surface area contributed by atoms with Crippen LogP contribution in [0.3, 0.4) is 0 Å². The largest absolute Gasteiger partial charge is 0.472 e. The lowest BCUT2D eigenvalue weighted by Crippen LogP contribution is -2.30. The second-order valence-corrected chi connectivity index (χ2v) is 32.5. The summed E-state index contributed by atoms with van der Waals surface area (Å²) in [5, 5.41) is 10.6. The SMILES string of the molecule is CCCCCCCCCCCCCCCCCCCCCC(=O)O[C@H](COC(=O)CCCCCCCCCCCCCCCCCCCC)COP(=O)(O)OC[C@@H](O)COP(=O)(O)OC[C@@H](COC(=O)CCCCCCCCCCCCC)OC(=O)CCCCCCCCCCCC(C)C. The quantitative estimate of drug-likeness (QED) is 0.0222. The molecule has 0 radical (unpaired) electrons. The summed E-state index contributed by atoms with van der Waals surface area (Å²) in [4.78, 5) is 73.0. The van der Waals surface area contributed by atoms with Crippen molar-refractivity contribution in [3.63, 3.8) is 0 Å². The predicted molar refractivity (Wildman–Crippen MR) is 409 cm³/mol. The number of aliphatic hydroxyl groups excluding tert-OH is 1. The lowest BCUT2D eigenvalue weighted by molar-refractivity contribution is -0.161. The van der Waals surface area contributed by atoms with Crippen molar-refractivity contribution in [1.29, 1.82) is 0 Å². The van der Waals surface area contributed by atoms with E-state index >= 15 is 0 Å². The molecule has 0 amide bonds. The van der Waals surface area contributed by atoms with Gasteiger partial charge in [-0.25, -0.2) is 9.13 Å². The number of hydrogen-bond donors (Lipinski definition) is 3. The van der Waals surface area contributed by atoms with Gasteiger partial charge in [-0.2, -0.15) is 0 Å². The average Bonchev–Trinajstić information content (AvgIpc) is 1.12. The zero-order valence-corrected chi connectivity index (χ0v) is 67.1. The molecule has 3 N–H and O–H groups in total. The van der Waals surface area contributed by atoms with Crippen molar-refractivity contribution < 1.29 is 80.2 Å². The van der Waals surface area contributed by atoms with Crippen LogP contribution in [0.2, 0.25) is 0 Å². The topological polar surface area (TPSA) is 237 Å². The van der Waals surface area contributed by atoms with Crippen LogP contribution in [0.4, 0.5) is 0 Å². The van der Waals surface area contributed by atoms with Gasteiger partial charge in [0.2, 0.25) is 0 Å². The highest BCUT2D eigenvalue weighted by molar-refractivity contribution is 7.47. The molecule has 0 aromatic carbocycles. The van der Waals surface area contributed by atoms with Crippen LogP contribution in [0, 0.1) is 5.92 Å². The number of ether oxygens (including phenoxy) is 4. The van der Waals surface area contributed by atoms with Crippen molar-refractivity contribution in [3.05, 3.63) is 0 Å². The van der Waals surface area contributed by atoms with E-state index in [-0.39, 0.29) is 25.7 Å². The molecule has 19 heteroatoms. The number of hydrogen-bond acceptors (Lipinski definition) is 15. The summed E-state index contributed by atoms with van der Waals surface area (Å²) in [5.74, 6) is -1.37. The van der Waals surface area contributed by atoms with E-state index in [1.807, 2.05) is 0 Å². The number of carbonyl (C=O) groups is 4. The molecular formula is C81H158O17P2. The third kappa shape index (κ3) is 74.3. The third-order valence-corrected chi connectivity index (χ3v) is 20.9. The van der Waals surface area contributed by atoms with Crippen LogP contribution in [0.1, 0.15) is 433 Å². The molecule has 0 heterocycles. The molecule has 0 rings (SSSR count). The molecule has 0 aromatic heterocycles. The zero-order valence-electron chi connectivity index (χ0n) is 65.3. The summed E-state index contributed by atoms with van der Waals surface area (Å²) in [6, 6.07) is 0. The number of carbonyl (C=O) groups excluding carboxylic acids is 4. The van der Waals surface area contributed by atoms with Gasteiger partial charge in [0.05, 0.1) is 26.4 Å². The molecule has 0 aliphatic rings. The first-order valence-corrected chi connectivity index (χ1v) is 45.1. The highest BCUT2D eigenvalue weighted by Gasteiger charge is 2.30. The second kappa shape index (κ2) is 73.9. The number of rotatable bonds is 81. The summed E-state index contributed by atoms with van der Waals surface area (Å²) in [7, 11) is -9.92. The normalized spacial score (nSPS) is 13.8. The van der Waals surface area contributed by atoms with Crippen molar-refractivity contribution in [2.45, 2.75) is 451 Å². The molecule has 0 bridgehead atoms. The molecule has 17 nitrogen and oxygen atoms in total. The molecule has 0 saturated carbocycles. The van der Waals surface area contributed by atoms with Crippen LogP contribution in [0.15, 0.2) is 0 Å². The maximum Gasteiger partial charge on any atom is 0.472 e. The molecule has 5 atom stereocenters. The third-order valence-electron chi connectivity index (χ3n) is 19.0. The van der Waals surface area contributed by atoms with Gasteiger partial charge in [-0.1, -0.05) is 381 Å². The van der Waals surface area contributed by atoms with Gasteiger partial charge >= 0.3 is 39.5 Å². The first kappa shape index (κ1) is 98.1. The van der Waals surface area contributed by atoms with Gasteiger partial charge in [-0.05, 0) is 31.6 Å². The predicted octanol–water partition coefficient (Wildman–Crippen LogP) is 24.4. The van der Waals surface area contributed by atoms with Crippen LogP contribution in [0.25, 0.3) is 0 Å². The van der Waals surface area contributed by atoms with Gasteiger partial charge in [-0.15, -0.1) is 0 Å². The number of unbranched alkanes of at least 4 members (excludes halogenated alkanes) is 53. The van der Waals surface area contributed by atoms with Crippen LogP contribution in [0.5, 0.6) is 0 Å². The van der Waals surface area contributed by atoms with Crippen molar-refractivity contribution in [3.8, 4) is 0 Å². The summed E-state index contributed by atoms with van der Waals surface area (Å²) in [5.41, 5.74) is 0. The summed E-state index contributed by atoms with van der Waals surface area (Å²) in [6.07, 6.45) is 65.2. The van der Waals surface area contributed by atoms with Crippen LogP contribution < -0.4 is 0 Å². The first-order chi connectivity index (χ1) is 48.5. The minimum Gasteiger partial charge on any atom is -0.462 e. The van der Waals surface area contributed by atoms with E-state index < -0.39 is 97.5 Å². The zero-order chi connectivity index (χ0) is 73.4. The van der Waals surface area contributed by atoms with Gasteiger partial charge in [0.15, 0.2) is 12.2 Å². The Balaban J connectivity index is 5.23. The number of esters is 4. The van der Waals surface area contributed by atoms with E-state index in [1.54, 1.807) is 0 Å². The standard InChI is InChI=1S/C81H158O17P2/c1-6-9-12-15-18-21-24-26-28-30-32-34-36-38-41-46-51-56-61-66-80(85)97-76(70-92-79(84)65-60-55-50-45-40-37-35-33-31-29-27-25-22-19-16-13-10-7-2)72-95-99(87,88)93-68-75(82)69-94-100(89,90)96-73-77(71-91-78(83)64-59-54-49-44-39-23-20-17-14-11-8-3)98-81(86)67-62-57-52-47-42-43-48-53-58-63-74(4)5/h74-77,82H,6-73H2,1-5H3,(H,87,88)(H,89,90)/t75-,76-,77-/m1/s1. The number of phosphoric ester groups is 2. The van der Waals surface area contributed by atoms with Crippen LogP contribution in [-0.2, 0) is 65.4 Å².